The van der Waals surface area contributed by atoms with E-state index in [1.54, 1.807) is 18.3 Å². The van der Waals surface area contributed by atoms with Crippen LogP contribution < -0.4 is 5.73 Å². The van der Waals surface area contributed by atoms with Crippen molar-refractivity contribution >= 4 is 11.8 Å². The maximum Gasteiger partial charge on any atom is 0.137 e. The van der Waals surface area contributed by atoms with Gasteiger partial charge in [0.05, 0.1) is 0 Å². The Hall–Kier alpha value is -1.46. The Morgan fingerprint density at radius 3 is 2.76 bits per heavy atom. The summed E-state index contributed by atoms with van der Waals surface area (Å²) in [5, 5.41) is 0.715. The number of nitrogens with zero attached hydrogens (tertiary/aromatic N) is 2. The zero-order valence-corrected chi connectivity index (χ0v) is 10.1. The Morgan fingerprint density at radius 1 is 1.35 bits per heavy atom. The summed E-state index contributed by atoms with van der Waals surface area (Å²) in [5.74, 6) is -0.275. The van der Waals surface area contributed by atoms with Gasteiger partial charge in [-0.05, 0) is 30.7 Å². The van der Waals surface area contributed by atoms with Crippen LogP contribution in [0.1, 0.15) is 18.5 Å². The first-order valence-corrected chi connectivity index (χ1v) is 5.97. The van der Waals surface area contributed by atoms with Gasteiger partial charge in [0, 0.05) is 17.1 Å². The third kappa shape index (κ3) is 3.01. The van der Waals surface area contributed by atoms with Gasteiger partial charge in [0.15, 0.2) is 0 Å². The quantitative estimate of drug-likeness (QED) is 0.850. The average molecular weight is 249 g/mol. The first kappa shape index (κ1) is 12.0. The molecule has 17 heavy (non-hydrogen) atoms. The molecule has 88 valence electrons. The van der Waals surface area contributed by atoms with Crippen LogP contribution in [0.5, 0.6) is 0 Å². The fraction of sp³-hybridized carbons (Fsp3) is 0.167. The van der Waals surface area contributed by atoms with Crippen molar-refractivity contribution in [3.8, 4) is 0 Å². The molecule has 2 aromatic rings. The molecule has 1 atom stereocenters. The lowest BCUT2D eigenvalue weighted by molar-refractivity contribution is 0.596. The van der Waals surface area contributed by atoms with Gasteiger partial charge in [-0.2, -0.15) is 0 Å². The summed E-state index contributed by atoms with van der Waals surface area (Å²) in [7, 11) is 0. The Labute approximate surface area is 103 Å². The first-order valence-electron chi connectivity index (χ1n) is 5.15. The van der Waals surface area contributed by atoms with Crippen LogP contribution in [0.15, 0.2) is 46.7 Å². The van der Waals surface area contributed by atoms with E-state index in [4.69, 9.17) is 5.73 Å². The van der Waals surface area contributed by atoms with Crippen LogP contribution in [0.3, 0.4) is 0 Å². The normalized spacial score (nSPS) is 12.4. The van der Waals surface area contributed by atoms with Crippen molar-refractivity contribution in [1.82, 2.24) is 9.97 Å². The van der Waals surface area contributed by atoms with Crippen LogP contribution in [-0.4, -0.2) is 9.97 Å². The molecule has 0 aliphatic heterocycles. The SMILES string of the molecule is C[C@@H](N)c1ccc(Sc2ccncn2)c(F)c1. The van der Waals surface area contributed by atoms with Crippen molar-refractivity contribution in [2.24, 2.45) is 5.73 Å². The number of halogens is 1. The van der Waals surface area contributed by atoms with Crippen LogP contribution >= 0.6 is 11.8 Å². The lowest BCUT2D eigenvalue weighted by Gasteiger charge is -2.08. The molecule has 0 saturated carbocycles. The lowest BCUT2D eigenvalue weighted by atomic mass is 10.1. The van der Waals surface area contributed by atoms with Crippen LogP contribution in [0.4, 0.5) is 4.39 Å². The summed E-state index contributed by atoms with van der Waals surface area (Å²) >= 11 is 1.27. The molecule has 0 spiro atoms. The molecule has 5 heteroatoms. The molecular formula is C12H12FN3S. The van der Waals surface area contributed by atoms with E-state index < -0.39 is 0 Å². The Balaban J connectivity index is 2.23. The zero-order chi connectivity index (χ0) is 12.3. The molecule has 1 aromatic heterocycles. The molecule has 1 aromatic carbocycles. The standard InChI is InChI=1S/C12H12FN3S/c1-8(14)9-2-3-11(10(13)6-9)17-12-4-5-15-7-16-12/h2-8H,14H2,1H3/t8-/m1/s1. The summed E-state index contributed by atoms with van der Waals surface area (Å²) < 4.78 is 13.8. The fourth-order valence-corrected chi connectivity index (χ4v) is 2.08. The zero-order valence-electron chi connectivity index (χ0n) is 9.30. The molecule has 2 N–H and O–H groups in total. The number of nitrogens with two attached hydrogens (primary N) is 1. The van der Waals surface area contributed by atoms with Gasteiger partial charge in [-0.15, -0.1) is 0 Å². The van der Waals surface area contributed by atoms with Gasteiger partial charge in [0.2, 0.25) is 0 Å². The highest BCUT2D eigenvalue weighted by atomic mass is 32.2. The minimum Gasteiger partial charge on any atom is -0.324 e. The number of benzene rings is 1. The van der Waals surface area contributed by atoms with Gasteiger partial charge in [-0.25, -0.2) is 14.4 Å². The summed E-state index contributed by atoms with van der Waals surface area (Å²) in [6.07, 6.45) is 3.07. The van der Waals surface area contributed by atoms with E-state index in [9.17, 15) is 4.39 Å². The van der Waals surface area contributed by atoms with Gasteiger partial charge < -0.3 is 5.73 Å². The lowest BCUT2D eigenvalue weighted by Crippen LogP contribution is -2.05. The number of hydrogen-bond acceptors (Lipinski definition) is 4. The van der Waals surface area contributed by atoms with Gasteiger partial charge >= 0.3 is 0 Å². The van der Waals surface area contributed by atoms with Crippen LogP contribution in [0.2, 0.25) is 0 Å². The maximum atomic E-state index is 13.8. The molecule has 0 unspecified atom stereocenters. The fourth-order valence-electron chi connectivity index (χ4n) is 1.33. The summed E-state index contributed by atoms with van der Waals surface area (Å²) in [6.45, 7) is 1.83. The average Bonchev–Trinajstić information content (AvgIpc) is 2.33. The Bertz CT molecular complexity index is 502. The van der Waals surface area contributed by atoms with E-state index in [0.29, 0.717) is 9.92 Å². The smallest absolute Gasteiger partial charge is 0.137 e. The maximum absolute atomic E-state index is 13.8. The molecule has 2 rings (SSSR count). The predicted molar refractivity (Wildman–Crippen MR) is 65.2 cm³/mol. The number of rotatable bonds is 3. The van der Waals surface area contributed by atoms with E-state index in [-0.39, 0.29) is 11.9 Å². The van der Waals surface area contributed by atoms with Crippen LogP contribution in [0, 0.1) is 5.82 Å². The van der Waals surface area contributed by atoms with Crippen molar-refractivity contribution in [3.05, 3.63) is 48.2 Å². The Morgan fingerprint density at radius 2 is 2.18 bits per heavy atom. The van der Waals surface area contributed by atoms with Crippen LogP contribution in [0.25, 0.3) is 0 Å². The van der Waals surface area contributed by atoms with Crippen molar-refractivity contribution in [3.63, 3.8) is 0 Å². The minimum atomic E-state index is -0.275. The predicted octanol–water partition coefficient (Wildman–Crippen LogP) is 2.79. The minimum absolute atomic E-state index is 0.164. The third-order valence-corrected chi connectivity index (χ3v) is 3.25. The van der Waals surface area contributed by atoms with E-state index in [1.807, 2.05) is 13.0 Å². The molecular weight excluding hydrogens is 237 g/mol. The molecule has 3 nitrogen and oxygen atoms in total. The summed E-state index contributed by atoms with van der Waals surface area (Å²) in [4.78, 5) is 8.38. The first-order chi connectivity index (χ1) is 8.16. The third-order valence-electron chi connectivity index (χ3n) is 2.25. The molecule has 0 bridgehead atoms. The summed E-state index contributed by atoms with van der Waals surface area (Å²) in [5.41, 5.74) is 6.48. The van der Waals surface area contributed by atoms with Gasteiger partial charge in [0.1, 0.15) is 17.2 Å². The number of aromatic nitrogens is 2. The molecule has 0 aliphatic carbocycles. The van der Waals surface area contributed by atoms with Crippen LogP contribution in [-0.2, 0) is 0 Å². The molecule has 0 radical (unpaired) electrons. The molecule has 0 fully saturated rings. The van der Waals surface area contributed by atoms with Gasteiger partial charge in [0.25, 0.3) is 0 Å². The molecule has 0 amide bonds. The van der Waals surface area contributed by atoms with E-state index in [1.165, 1.54) is 24.2 Å². The van der Waals surface area contributed by atoms with Crippen molar-refractivity contribution in [1.29, 1.82) is 0 Å². The molecule has 0 aliphatic rings. The van der Waals surface area contributed by atoms with E-state index in [0.717, 1.165) is 5.56 Å². The summed E-state index contributed by atoms with van der Waals surface area (Å²) in [6, 6.07) is 6.60. The highest BCUT2D eigenvalue weighted by Crippen LogP contribution is 2.29. The highest BCUT2D eigenvalue weighted by Gasteiger charge is 2.08. The van der Waals surface area contributed by atoms with E-state index >= 15 is 0 Å². The number of hydrogen-bond donors (Lipinski definition) is 1. The van der Waals surface area contributed by atoms with Crippen molar-refractivity contribution < 1.29 is 4.39 Å². The largest absolute Gasteiger partial charge is 0.324 e. The highest BCUT2D eigenvalue weighted by molar-refractivity contribution is 7.99. The second-order valence-corrected chi connectivity index (χ2v) is 4.69. The second-order valence-electron chi connectivity index (χ2n) is 3.63. The topological polar surface area (TPSA) is 51.8 Å². The Kier molecular flexibility index (Phi) is 3.71. The van der Waals surface area contributed by atoms with Gasteiger partial charge in [-0.1, -0.05) is 17.8 Å². The van der Waals surface area contributed by atoms with Crippen molar-refractivity contribution in [2.45, 2.75) is 22.9 Å². The van der Waals surface area contributed by atoms with Crippen molar-refractivity contribution in [2.75, 3.05) is 0 Å². The van der Waals surface area contributed by atoms with E-state index in [2.05, 4.69) is 9.97 Å². The molecule has 0 saturated heterocycles. The monoisotopic (exact) mass is 249 g/mol. The van der Waals surface area contributed by atoms with Gasteiger partial charge in [-0.3, -0.25) is 0 Å². The second kappa shape index (κ2) is 5.25. The molecule has 1 heterocycles.